The van der Waals surface area contributed by atoms with Gasteiger partial charge in [-0.05, 0) is 53.6 Å². The van der Waals surface area contributed by atoms with Crippen LogP contribution in [0.4, 0.5) is 15.9 Å². The van der Waals surface area contributed by atoms with E-state index in [0.717, 1.165) is 11.1 Å². The average Bonchev–Trinajstić information content (AvgIpc) is 2.68. The number of hydrazone groups is 1. The molecule has 0 atom stereocenters. The Balaban J connectivity index is 1.57. The lowest BCUT2D eigenvalue weighted by molar-refractivity contribution is -0.384. The largest absolute Gasteiger partial charge is 0.489 e. The molecule has 0 amide bonds. The zero-order valence-corrected chi connectivity index (χ0v) is 14.1. The maximum atomic E-state index is 13.1. The van der Waals surface area contributed by atoms with Gasteiger partial charge in [0.1, 0.15) is 18.2 Å². The number of rotatable bonds is 7. The molecule has 1 aromatic heterocycles. The number of hydrogen-bond acceptors (Lipinski definition) is 6. The number of nitrogens with zero attached hydrogens (tertiary/aromatic N) is 3. The van der Waals surface area contributed by atoms with Crippen LogP contribution < -0.4 is 10.2 Å². The minimum absolute atomic E-state index is 0.0637. The second-order valence-electron chi connectivity index (χ2n) is 5.49. The third kappa shape index (κ3) is 5.08. The van der Waals surface area contributed by atoms with E-state index in [1.807, 2.05) is 0 Å². The maximum Gasteiger partial charge on any atom is 0.313 e. The van der Waals surface area contributed by atoms with Gasteiger partial charge >= 0.3 is 5.69 Å². The zero-order valence-electron chi connectivity index (χ0n) is 14.1. The first-order valence-electron chi connectivity index (χ1n) is 7.97. The molecule has 3 rings (SSSR count). The molecule has 0 bridgehead atoms. The van der Waals surface area contributed by atoms with E-state index >= 15 is 0 Å². The van der Waals surface area contributed by atoms with Crippen molar-refractivity contribution in [1.29, 1.82) is 0 Å². The van der Waals surface area contributed by atoms with Crippen LogP contribution >= 0.6 is 0 Å². The highest BCUT2D eigenvalue weighted by Gasteiger charge is 2.12. The predicted molar refractivity (Wildman–Crippen MR) is 99.3 cm³/mol. The lowest BCUT2D eigenvalue weighted by atomic mass is 10.2. The number of pyridine rings is 1. The highest BCUT2D eigenvalue weighted by molar-refractivity contribution is 5.80. The Morgan fingerprint density at radius 3 is 2.74 bits per heavy atom. The van der Waals surface area contributed by atoms with E-state index in [9.17, 15) is 14.5 Å². The fourth-order valence-corrected chi connectivity index (χ4v) is 2.24. The van der Waals surface area contributed by atoms with Crippen LogP contribution in [0.25, 0.3) is 0 Å². The van der Waals surface area contributed by atoms with Crippen LogP contribution in [0.2, 0.25) is 0 Å². The molecular weight excluding hydrogens is 351 g/mol. The van der Waals surface area contributed by atoms with Crippen LogP contribution in [0.5, 0.6) is 5.75 Å². The summed E-state index contributed by atoms with van der Waals surface area (Å²) in [6.45, 7) is 0.260. The molecule has 0 radical (unpaired) electrons. The molecule has 2 aromatic carbocycles. The summed E-state index contributed by atoms with van der Waals surface area (Å²) in [7, 11) is 0. The minimum atomic E-state index is -0.532. The molecule has 0 saturated heterocycles. The van der Waals surface area contributed by atoms with Gasteiger partial charge in [-0.2, -0.15) is 5.10 Å². The third-order valence-electron chi connectivity index (χ3n) is 3.54. The molecule has 0 saturated carbocycles. The van der Waals surface area contributed by atoms with Crippen LogP contribution in [0, 0.1) is 15.9 Å². The number of aromatic nitrogens is 1. The van der Waals surface area contributed by atoms with Gasteiger partial charge in [-0.1, -0.05) is 12.1 Å². The van der Waals surface area contributed by atoms with Crippen molar-refractivity contribution >= 4 is 17.7 Å². The van der Waals surface area contributed by atoms with Crippen LogP contribution in [0.1, 0.15) is 11.1 Å². The third-order valence-corrected chi connectivity index (χ3v) is 3.54. The predicted octanol–water partition coefficient (Wildman–Crippen LogP) is 4.15. The quantitative estimate of drug-likeness (QED) is 0.385. The molecule has 0 unspecified atom stereocenters. The van der Waals surface area contributed by atoms with Crippen LogP contribution in [-0.2, 0) is 6.61 Å². The first kappa shape index (κ1) is 18.0. The average molecular weight is 366 g/mol. The topological polar surface area (TPSA) is 89.7 Å². The van der Waals surface area contributed by atoms with Crippen LogP contribution in [0.3, 0.4) is 0 Å². The summed E-state index contributed by atoms with van der Waals surface area (Å²) in [5, 5.41) is 14.9. The molecule has 8 heteroatoms. The normalized spacial score (nSPS) is 10.7. The van der Waals surface area contributed by atoms with Crippen LogP contribution in [0.15, 0.2) is 72.0 Å². The van der Waals surface area contributed by atoms with Crippen molar-refractivity contribution in [2.75, 3.05) is 5.43 Å². The van der Waals surface area contributed by atoms with E-state index < -0.39 is 4.92 Å². The van der Waals surface area contributed by atoms with Crippen molar-refractivity contribution in [3.8, 4) is 5.75 Å². The van der Waals surface area contributed by atoms with Gasteiger partial charge in [0.25, 0.3) is 0 Å². The first-order chi connectivity index (χ1) is 13.1. The van der Waals surface area contributed by atoms with E-state index in [1.54, 1.807) is 36.4 Å². The van der Waals surface area contributed by atoms with Crippen molar-refractivity contribution < 1.29 is 14.1 Å². The SMILES string of the molecule is O=[N+]([O-])c1cccnc1N/N=C\c1ccc(OCc2cccc(F)c2)cc1. The van der Waals surface area contributed by atoms with Gasteiger partial charge in [0, 0.05) is 12.3 Å². The van der Waals surface area contributed by atoms with Gasteiger partial charge in [-0.25, -0.2) is 9.37 Å². The first-order valence-corrected chi connectivity index (χ1v) is 7.97. The Kier molecular flexibility index (Phi) is 5.68. The number of nitro groups is 1. The lowest BCUT2D eigenvalue weighted by Crippen LogP contribution is -1.99. The molecule has 0 aliphatic rings. The smallest absolute Gasteiger partial charge is 0.313 e. The summed E-state index contributed by atoms with van der Waals surface area (Å²) in [5.41, 5.74) is 3.90. The van der Waals surface area contributed by atoms with E-state index in [4.69, 9.17) is 4.74 Å². The zero-order chi connectivity index (χ0) is 19.1. The van der Waals surface area contributed by atoms with Gasteiger partial charge in [0.15, 0.2) is 0 Å². The molecule has 0 aliphatic carbocycles. The number of ether oxygens (including phenoxy) is 1. The number of benzene rings is 2. The minimum Gasteiger partial charge on any atom is -0.489 e. The Morgan fingerprint density at radius 2 is 2.00 bits per heavy atom. The number of halogens is 1. The Bertz CT molecular complexity index is 961. The molecule has 0 spiro atoms. The van der Waals surface area contributed by atoms with Gasteiger partial charge in [-0.3, -0.25) is 15.5 Å². The Labute approximate surface area is 154 Å². The monoisotopic (exact) mass is 366 g/mol. The van der Waals surface area contributed by atoms with Crippen molar-refractivity contribution in [3.63, 3.8) is 0 Å². The van der Waals surface area contributed by atoms with E-state index in [-0.39, 0.29) is 23.9 Å². The van der Waals surface area contributed by atoms with Gasteiger partial charge < -0.3 is 4.74 Å². The van der Waals surface area contributed by atoms with Gasteiger partial charge in [0.05, 0.1) is 11.1 Å². The number of nitrogens with one attached hydrogen (secondary N) is 1. The molecule has 7 nitrogen and oxygen atoms in total. The molecule has 0 fully saturated rings. The number of anilines is 1. The van der Waals surface area contributed by atoms with Crippen molar-refractivity contribution in [2.24, 2.45) is 5.10 Å². The van der Waals surface area contributed by atoms with E-state index in [2.05, 4.69) is 15.5 Å². The lowest BCUT2D eigenvalue weighted by Gasteiger charge is -2.06. The summed E-state index contributed by atoms with van der Waals surface area (Å²) in [4.78, 5) is 14.3. The highest BCUT2D eigenvalue weighted by atomic mass is 19.1. The molecule has 1 heterocycles. The second kappa shape index (κ2) is 8.52. The van der Waals surface area contributed by atoms with Crippen molar-refractivity contribution in [1.82, 2.24) is 4.98 Å². The molecule has 1 N–H and O–H groups in total. The van der Waals surface area contributed by atoms with Crippen molar-refractivity contribution in [2.45, 2.75) is 6.61 Å². The molecule has 3 aromatic rings. The van der Waals surface area contributed by atoms with Crippen molar-refractivity contribution in [3.05, 3.63) is 93.9 Å². The summed E-state index contributed by atoms with van der Waals surface area (Å²) in [6, 6.07) is 16.1. The highest BCUT2D eigenvalue weighted by Crippen LogP contribution is 2.20. The summed E-state index contributed by atoms with van der Waals surface area (Å²) in [5.74, 6) is 0.391. The van der Waals surface area contributed by atoms with Gasteiger partial charge in [-0.15, -0.1) is 0 Å². The fourth-order valence-electron chi connectivity index (χ4n) is 2.24. The Morgan fingerprint density at radius 1 is 1.19 bits per heavy atom. The standard InChI is InChI=1S/C19H15FN4O3/c20-16-4-1-3-15(11-16)13-27-17-8-6-14(7-9-17)12-22-23-19-18(24(25)26)5-2-10-21-19/h1-12H,13H2,(H,21,23)/b22-12-. The van der Waals surface area contributed by atoms with E-state index in [0.29, 0.717) is 5.75 Å². The second-order valence-corrected chi connectivity index (χ2v) is 5.49. The van der Waals surface area contributed by atoms with Crippen LogP contribution in [-0.4, -0.2) is 16.1 Å². The summed E-state index contributed by atoms with van der Waals surface area (Å²) >= 11 is 0. The number of hydrogen-bond donors (Lipinski definition) is 1. The fraction of sp³-hybridized carbons (Fsp3) is 0.0526. The molecule has 136 valence electrons. The summed E-state index contributed by atoms with van der Waals surface area (Å²) in [6.07, 6.45) is 2.95. The Hall–Kier alpha value is -3.81. The summed E-state index contributed by atoms with van der Waals surface area (Å²) < 4.78 is 18.7. The molecular formula is C19H15FN4O3. The maximum absolute atomic E-state index is 13.1. The molecule has 0 aliphatic heterocycles. The van der Waals surface area contributed by atoms with E-state index in [1.165, 1.54) is 36.7 Å². The molecule has 27 heavy (non-hydrogen) atoms. The van der Waals surface area contributed by atoms with Gasteiger partial charge in [0.2, 0.25) is 5.82 Å².